The molecule has 0 aliphatic rings. The molecule has 0 aliphatic heterocycles. The second-order valence-electron chi connectivity index (χ2n) is 4.37. The molecule has 1 aromatic rings. The Bertz CT molecular complexity index is 409. The van der Waals surface area contributed by atoms with Crippen molar-refractivity contribution in [3.63, 3.8) is 0 Å². The van der Waals surface area contributed by atoms with E-state index in [4.69, 9.17) is 17.3 Å². The van der Waals surface area contributed by atoms with Gasteiger partial charge in [-0.05, 0) is 51.3 Å². The Balaban J connectivity index is 2.59. The summed E-state index contributed by atoms with van der Waals surface area (Å²) in [6.07, 6.45) is 1.09. The molecular weight excluding hydrogens is 250 g/mol. The third-order valence-corrected chi connectivity index (χ3v) is 3.10. The standard InChI is InChI=1S/C13H20ClN3O/c1-16-6-3-7-17(2)9-11-5-4-10(13(15)18)8-12(11)14/h4-5,8,16H,3,6-7,9H2,1-2H3,(H2,15,18). The molecule has 0 aromatic heterocycles. The molecule has 0 fully saturated rings. The van der Waals surface area contributed by atoms with Gasteiger partial charge in [0.15, 0.2) is 0 Å². The van der Waals surface area contributed by atoms with E-state index in [-0.39, 0.29) is 0 Å². The second kappa shape index (κ2) is 7.36. The van der Waals surface area contributed by atoms with Crippen molar-refractivity contribution in [2.75, 3.05) is 27.2 Å². The van der Waals surface area contributed by atoms with Gasteiger partial charge in [-0.2, -0.15) is 0 Å². The molecule has 18 heavy (non-hydrogen) atoms. The van der Waals surface area contributed by atoms with Crippen LogP contribution in [0, 0.1) is 0 Å². The lowest BCUT2D eigenvalue weighted by molar-refractivity contribution is 0.100. The molecule has 3 N–H and O–H groups in total. The zero-order valence-electron chi connectivity index (χ0n) is 10.9. The quantitative estimate of drug-likeness (QED) is 0.737. The highest BCUT2D eigenvalue weighted by molar-refractivity contribution is 6.31. The van der Waals surface area contributed by atoms with Gasteiger partial charge in [0.1, 0.15) is 0 Å². The lowest BCUT2D eigenvalue weighted by Crippen LogP contribution is -2.22. The van der Waals surface area contributed by atoms with Gasteiger partial charge in [-0.3, -0.25) is 4.79 Å². The molecule has 0 bridgehead atoms. The Labute approximate surface area is 113 Å². The van der Waals surface area contributed by atoms with E-state index in [0.29, 0.717) is 10.6 Å². The summed E-state index contributed by atoms with van der Waals surface area (Å²) in [4.78, 5) is 13.2. The molecule has 1 aromatic carbocycles. The van der Waals surface area contributed by atoms with Crippen LogP contribution in [-0.2, 0) is 6.54 Å². The van der Waals surface area contributed by atoms with Crippen molar-refractivity contribution in [2.45, 2.75) is 13.0 Å². The van der Waals surface area contributed by atoms with Crippen molar-refractivity contribution in [1.29, 1.82) is 0 Å². The zero-order valence-corrected chi connectivity index (χ0v) is 11.6. The van der Waals surface area contributed by atoms with Gasteiger partial charge in [0.25, 0.3) is 0 Å². The van der Waals surface area contributed by atoms with Gasteiger partial charge in [0, 0.05) is 17.1 Å². The van der Waals surface area contributed by atoms with Crippen molar-refractivity contribution in [3.05, 3.63) is 34.3 Å². The lowest BCUT2D eigenvalue weighted by atomic mass is 10.1. The van der Waals surface area contributed by atoms with Crippen molar-refractivity contribution >= 4 is 17.5 Å². The van der Waals surface area contributed by atoms with Gasteiger partial charge >= 0.3 is 0 Å². The number of halogens is 1. The third-order valence-electron chi connectivity index (χ3n) is 2.74. The molecule has 4 nitrogen and oxygen atoms in total. The van der Waals surface area contributed by atoms with Gasteiger partial charge in [-0.25, -0.2) is 0 Å². The summed E-state index contributed by atoms with van der Waals surface area (Å²) in [6.45, 7) is 2.76. The highest BCUT2D eigenvalue weighted by Crippen LogP contribution is 2.19. The molecule has 100 valence electrons. The van der Waals surface area contributed by atoms with Gasteiger partial charge < -0.3 is 16.0 Å². The first-order valence-corrected chi connectivity index (χ1v) is 6.33. The number of benzene rings is 1. The molecule has 0 saturated carbocycles. The maximum absolute atomic E-state index is 11.0. The van der Waals surface area contributed by atoms with E-state index in [0.717, 1.165) is 31.6 Å². The zero-order chi connectivity index (χ0) is 13.5. The fourth-order valence-electron chi connectivity index (χ4n) is 1.72. The lowest BCUT2D eigenvalue weighted by Gasteiger charge is -2.17. The molecule has 5 heteroatoms. The van der Waals surface area contributed by atoms with Gasteiger partial charge in [0.05, 0.1) is 0 Å². The average molecular weight is 270 g/mol. The Morgan fingerprint density at radius 1 is 1.50 bits per heavy atom. The molecule has 1 amide bonds. The van der Waals surface area contributed by atoms with Crippen LogP contribution < -0.4 is 11.1 Å². The molecule has 0 heterocycles. The van der Waals surface area contributed by atoms with Crippen LogP contribution in [-0.4, -0.2) is 38.0 Å². The maximum Gasteiger partial charge on any atom is 0.248 e. The third kappa shape index (κ3) is 4.64. The van der Waals surface area contributed by atoms with Gasteiger partial charge in [-0.15, -0.1) is 0 Å². The number of amides is 1. The smallest absolute Gasteiger partial charge is 0.248 e. The minimum Gasteiger partial charge on any atom is -0.366 e. The fraction of sp³-hybridized carbons (Fsp3) is 0.462. The summed E-state index contributed by atoms with van der Waals surface area (Å²) in [5.74, 6) is -0.453. The number of rotatable bonds is 7. The first kappa shape index (κ1) is 15.0. The minimum absolute atomic E-state index is 0.446. The summed E-state index contributed by atoms with van der Waals surface area (Å²) in [5.41, 5.74) is 6.65. The number of nitrogens with zero attached hydrogens (tertiary/aromatic N) is 1. The van der Waals surface area contributed by atoms with E-state index < -0.39 is 5.91 Å². The Morgan fingerprint density at radius 3 is 2.78 bits per heavy atom. The topological polar surface area (TPSA) is 58.4 Å². The predicted molar refractivity (Wildman–Crippen MR) is 74.8 cm³/mol. The van der Waals surface area contributed by atoms with Crippen LogP contribution in [0.4, 0.5) is 0 Å². The molecular formula is C13H20ClN3O. The Kier molecular flexibility index (Phi) is 6.12. The second-order valence-corrected chi connectivity index (χ2v) is 4.77. The largest absolute Gasteiger partial charge is 0.366 e. The monoisotopic (exact) mass is 269 g/mol. The molecule has 0 saturated heterocycles. The Morgan fingerprint density at radius 2 is 2.22 bits per heavy atom. The summed E-state index contributed by atoms with van der Waals surface area (Å²) in [6, 6.07) is 5.20. The first-order chi connectivity index (χ1) is 8.54. The van der Waals surface area contributed by atoms with E-state index in [1.165, 1.54) is 0 Å². The average Bonchev–Trinajstić information content (AvgIpc) is 2.32. The van der Waals surface area contributed by atoms with Crippen molar-refractivity contribution in [2.24, 2.45) is 5.73 Å². The molecule has 0 radical (unpaired) electrons. The van der Waals surface area contributed by atoms with Crippen molar-refractivity contribution < 1.29 is 4.79 Å². The number of nitrogens with one attached hydrogen (secondary N) is 1. The van der Waals surface area contributed by atoms with Crippen LogP contribution in [0.25, 0.3) is 0 Å². The normalized spacial score (nSPS) is 10.9. The molecule has 0 spiro atoms. The SMILES string of the molecule is CNCCCN(C)Cc1ccc(C(N)=O)cc1Cl. The number of hydrogen-bond donors (Lipinski definition) is 2. The summed E-state index contributed by atoms with van der Waals surface area (Å²) in [5, 5.41) is 3.70. The first-order valence-electron chi connectivity index (χ1n) is 5.96. The maximum atomic E-state index is 11.0. The van der Waals surface area contributed by atoms with E-state index in [2.05, 4.69) is 10.2 Å². The van der Waals surface area contributed by atoms with E-state index in [1.807, 2.05) is 20.2 Å². The number of primary amides is 1. The number of carbonyl (C=O) groups excluding carboxylic acids is 1. The number of hydrogen-bond acceptors (Lipinski definition) is 3. The van der Waals surface area contributed by atoms with E-state index in [1.54, 1.807) is 12.1 Å². The van der Waals surface area contributed by atoms with Gasteiger partial charge in [-0.1, -0.05) is 17.7 Å². The van der Waals surface area contributed by atoms with Crippen LogP contribution in [0.1, 0.15) is 22.3 Å². The van der Waals surface area contributed by atoms with Gasteiger partial charge in [0.2, 0.25) is 5.91 Å². The van der Waals surface area contributed by atoms with Crippen LogP contribution in [0.15, 0.2) is 18.2 Å². The molecule has 0 aliphatic carbocycles. The summed E-state index contributed by atoms with van der Waals surface area (Å²) >= 11 is 6.13. The highest BCUT2D eigenvalue weighted by Gasteiger charge is 2.07. The van der Waals surface area contributed by atoms with Crippen molar-refractivity contribution in [1.82, 2.24) is 10.2 Å². The molecule has 0 unspecified atom stereocenters. The summed E-state index contributed by atoms with van der Waals surface area (Å²) < 4.78 is 0. The minimum atomic E-state index is -0.453. The van der Waals surface area contributed by atoms with Crippen LogP contribution in [0.3, 0.4) is 0 Å². The van der Waals surface area contributed by atoms with Crippen LogP contribution >= 0.6 is 11.6 Å². The molecule has 1 rings (SSSR count). The van der Waals surface area contributed by atoms with Crippen molar-refractivity contribution in [3.8, 4) is 0 Å². The molecule has 0 atom stereocenters. The number of carbonyl (C=O) groups is 1. The highest BCUT2D eigenvalue weighted by atomic mass is 35.5. The fourth-order valence-corrected chi connectivity index (χ4v) is 1.96. The summed E-state index contributed by atoms with van der Waals surface area (Å²) in [7, 11) is 3.99. The van der Waals surface area contributed by atoms with Crippen LogP contribution in [0.5, 0.6) is 0 Å². The predicted octanol–water partition coefficient (Wildman–Crippen LogP) is 1.48. The Hall–Kier alpha value is -1.10. The van der Waals surface area contributed by atoms with E-state index >= 15 is 0 Å². The number of nitrogens with two attached hydrogens (primary N) is 1. The van der Waals surface area contributed by atoms with Crippen LogP contribution in [0.2, 0.25) is 5.02 Å². The van der Waals surface area contributed by atoms with E-state index in [9.17, 15) is 4.79 Å².